The first kappa shape index (κ1) is 28.6. The van der Waals surface area contributed by atoms with E-state index >= 15 is 0 Å². The number of halogens is 1. The highest BCUT2D eigenvalue weighted by Crippen LogP contribution is 2.45. The Morgan fingerprint density at radius 1 is 1.10 bits per heavy atom. The predicted octanol–water partition coefficient (Wildman–Crippen LogP) is 6.35. The van der Waals surface area contributed by atoms with Crippen LogP contribution in [0.5, 0.6) is 5.75 Å². The van der Waals surface area contributed by atoms with E-state index in [1.54, 1.807) is 25.4 Å². The Kier molecular flexibility index (Phi) is 8.30. The SMILES string of the molecule is COCCOc1ccc(N2C(=S)NC(c3ccccn3)C2c2cc(C)n(-c3cc(C(=O)O)ccc3C)c2C)cc1Cl. The van der Waals surface area contributed by atoms with Crippen LogP contribution in [0.1, 0.15) is 50.7 Å². The molecule has 4 aromatic rings. The molecule has 41 heavy (non-hydrogen) atoms. The smallest absolute Gasteiger partial charge is 0.335 e. The lowest BCUT2D eigenvalue weighted by molar-refractivity contribution is 0.0697. The molecule has 1 saturated heterocycles. The van der Waals surface area contributed by atoms with Gasteiger partial charge in [-0.2, -0.15) is 0 Å². The van der Waals surface area contributed by atoms with E-state index in [1.165, 1.54) is 0 Å². The summed E-state index contributed by atoms with van der Waals surface area (Å²) in [5.74, 6) is -0.400. The Morgan fingerprint density at radius 2 is 1.90 bits per heavy atom. The number of pyridine rings is 1. The van der Waals surface area contributed by atoms with E-state index in [9.17, 15) is 9.90 Å². The number of methoxy groups -OCH3 is 1. The van der Waals surface area contributed by atoms with Gasteiger partial charge in [0.05, 0.1) is 35.0 Å². The van der Waals surface area contributed by atoms with Gasteiger partial charge in [-0.25, -0.2) is 4.79 Å². The molecule has 3 heterocycles. The Hall–Kier alpha value is -3.92. The highest BCUT2D eigenvalue weighted by Gasteiger charge is 2.42. The molecule has 0 saturated carbocycles. The standard InChI is InChI=1S/C31H31ClN4O4S/c1-18-8-9-21(30(37)38)16-26(18)35-19(2)15-23(20(35)3)29-28(25-7-5-6-12-33-25)34-31(41)36(29)22-10-11-27(24(32)17-22)40-14-13-39-4/h5-12,15-17,28-29H,13-14H2,1-4H3,(H,34,41)(H,37,38). The van der Waals surface area contributed by atoms with Gasteiger partial charge in [-0.15, -0.1) is 0 Å². The van der Waals surface area contributed by atoms with Crippen molar-refractivity contribution >= 4 is 40.6 Å². The Labute approximate surface area is 249 Å². The number of nitrogens with zero attached hydrogens (tertiary/aromatic N) is 3. The number of rotatable bonds is 9. The summed E-state index contributed by atoms with van der Waals surface area (Å²) < 4.78 is 13.0. The number of aromatic nitrogens is 2. The second kappa shape index (κ2) is 11.9. The van der Waals surface area contributed by atoms with Gasteiger partial charge < -0.3 is 29.4 Å². The summed E-state index contributed by atoms with van der Waals surface area (Å²) in [6.07, 6.45) is 1.77. The van der Waals surface area contributed by atoms with Crippen molar-refractivity contribution in [3.8, 4) is 11.4 Å². The van der Waals surface area contributed by atoms with Crippen molar-refractivity contribution < 1.29 is 19.4 Å². The normalized spacial score (nSPS) is 16.6. The van der Waals surface area contributed by atoms with Gasteiger partial charge in [0.1, 0.15) is 12.4 Å². The first-order valence-corrected chi connectivity index (χ1v) is 13.9. The molecule has 2 aromatic carbocycles. The highest BCUT2D eigenvalue weighted by atomic mass is 35.5. The number of benzene rings is 2. The molecule has 212 valence electrons. The third-order valence-corrected chi connectivity index (χ3v) is 7.93. The fourth-order valence-electron chi connectivity index (χ4n) is 5.38. The summed E-state index contributed by atoms with van der Waals surface area (Å²) in [4.78, 5) is 18.5. The van der Waals surface area contributed by atoms with Crippen molar-refractivity contribution in [2.24, 2.45) is 0 Å². The number of aromatic carboxylic acids is 1. The van der Waals surface area contributed by atoms with Crippen molar-refractivity contribution in [3.05, 3.63) is 106 Å². The van der Waals surface area contributed by atoms with Crippen LogP contribution in [0.4, 0.5) is 5.69 Å². The minimum Gasteiger partial charge on any atom is -0.490 e. The number of anilines is 1. The van der Waals surface area contributed by atoms with Crippen LogP contribution in [0.3, 0.4) is 0 Å². The molecule has 10 heteroatoms. The predicted molar refractivity (Wildman–Crippen MR) is 164 cm³/mol. The molecule has 2 atom stereocenters. The summed E-state index contributed by atoms with van der Waals surface area (Å²) in [5, 5.41) is 14.1. The van der Waals surface area contributed by atoms with Crippen LogP contribution >= 0.6 is 23.8 Å². The van der Waals surface area contributed by atoms with Crippen molar-refractivity contribution in [3.63, 3.8) is 0 Å². The number of carboxylic acids is 1. The molecule has 1 aliphatic heterocycles. The van der Waals surface area contributed by atoms with Gasteiger partial charge in [0.25, 0.3) is 0 Å². The zero-order chi connectivity index (χ0) is 29.3. The molecule has 2 unspecified atom stereocenters. The van der Waals surface area contributed by atoms with Crippen LogP contribution in [0.2, 0.25) is 5.02 Å². The van der Waals surface area contributed by atoms with Crippen molar-refractivity contribution in [1.29, 1.82) is 0 Å². The molecule has 5 rings (SSSR count). The Bertz CT molecular complexity index is 1610. The van der Waals surface area contributed by atoms with Crippen LogP contribution < -0.4 is 15.0 Å². The van der Waals surface area contributed by atoms with Crippen LogP contribution in [0.15, 0.2) is 66.9 Å². The van der Waals surface area contributed by atoms with E-state index in [-0.39, 0.29) is 17.6 Å². The molecule has 0 amide bonds. The largest absolute Gasteiger partial charge is 0.490 e. The van der Waals surface area contributed by atoms with Crippen LogP contribution in [-0.4, -0.2) is 46.1 Å². The number of carboxylic acid groups (broad SMARTS) is 1. The van der Waals surface area contributed by atoms with Gasteiger partial charge in [-0.05, 0) is 92.6 Å². The fraction of sp³-hybridized carbons (Fsp3) is 0.258. The maximum atomic E-state index is 11.8. The molecule has 0 aliphatic carbocycles. The Balaban J connectivity index is 1.63. The highest BCUT2D eigenvalue weighted by molar-refractivity contribution is 7.80. The van der Waals surface area contributed by atoms with Gasteiger partial charge in [0.15, 0.2) is 5.11 Å². The molecular weight excluding hydrogens is 560 g/mol. The zero-order valence-electron chi connectivity index (χ0n) is 23.2. The van der Waals surface area contributed by atoms with E-state index < -0.39 is 5.97 Å². The van der Waals surface area contributed by atoms with Crippen LogP contribution in [0.25, 0.3) is 5.69 Å². The van der Waals surface area contributed by atoms with Gasteiger partial charge in [-0.1, -0.05) is 23.7 Å². The van der Waals surface area contributed by atoms with Crippen LogP contribution in [-0.2, 0) is 4.74 Å². The molecule has 0 radical (unpaired) electrons. The van der Waals surface area contributed by atoms with E-state index in [1.807, 2.05) is 63.2 Å². The quantitative estimate of drug-likeness (QED) is 0.172. The third-order valence-electron chi connectivity index (χ3n) is 7.32. The lowest BCUT2D eigenvalue weighted by atomic mass is 9.96. The molecule has 1 aliphatic rings. The van der Waals surface area contributed by atoms with E-state index in [0.717, 1.165) is 39.6 Å². The summed E-state index contributed by atoms with van der Waals surface area (Å²) in [5.41, 5.74) is 6.66. The fourth-order valence-corrected chi connectivity index (χ4v) is 5.96. The molecule has 8 nitrogen and oxygen atoms in total. The van der Waals surface area contributed by atoms with Crippen molar-refractivity contribution in [1.82, 2.24) is 14.9 Å². The second-order valence-electron chi connectivity index (χ2n) is 9.92. The minimum absolute atomic E-state index is 0.235. The number of hydrogen-bond acceptors (Lipinski definition) is 5. The van der Waals surface area contributed by atoms with E-state index in [2.05, 4.69) is 25.8 Å². The monoisotopic (exact) mass is 590 g/mol. The molecule has 2 N–H and O–H groups in total. The summed E-state index contributed by atoms with van der Waals surface area (Å²) in [6.45, 7) is 6.89. The number of thiocarbonyl (C=S) groups is 1. The van der Waals surface area contributed by atoms with Gasteiger partial charge in [-0.3, -0.25) is 4.98 Å². The van der Waals surface area contributed by atoms with Gasteiger partial charge in [0, 0.05) is 36.1 Å². The molecular formula is C31H31ClN4O4S. The van der Waals surface area contributed by atoms with Crippen molar-refractivity contribution in [2.45, 2.75) is 32.9 Å². The first-order chi connectivity index (χ1) is 19.7. The number of carbonyl (C=O) groups is 1. The summed E-state index contributed by atoms with van der Waals surface area (Å²) in [7, 11) is 1.62. The van der Waals surface area contributed by atoms with E-state index in [4.69, 9.17) is 33.3 Å². The van der Waals surface area contributed by atoms with Crippen molar-refractivity contribution in [2.75, 3.05) is 25.2 Å². The van der Waals surface area contributed by atoms with E-state index in [0.29, 0.717) is 29.1 Å². The number of hydrogen-bond donors (Lipinski definition) is 2. The number of nitrogens with one attached hydrogen (secondary N) is 1. The topological polar surface area (TPSA) is 88.9 Å². The lowest BCUT2D eigenvalue weighted by Crippen LogP contribution is -2.29. The zero-order valence-corrected chi connectivity index (χ0v) is 24.8. The molecule has 0 bridgehead atoms. The number of ether oxygens (including phenoxy) is 2. The average Bonchev–Trinajstić information content (AvgIpc) is 3.45. The average molecular weight is 591 g/mol. The number of aryl methyl sites for hydroxylation is 2. The maximum Gasteiger partial charge on any atom is 0.335 e. The lowest BCUT2D eigenvalue weighted by Gasteiger charge is -2.28. The Morgan fingerprint density at radius 3 is 2.59 bits per heavy atom. The maximum absolute atomic E-state index is 11.8. The van der Waals surface area contributed by atoms with Gasteiger partial charge >= 0.3 is 5.97 Å². The first-order valence-electron chi connectivity index (χ1n) is 13.2. The molecule has 0 spiro atoms. The van der Waals surface area contributed by atoms with Crippen LogP contribution in [0, 0.1) is 20.8 Å². The minimum atomic E-state index is -0.966. The molecule has 2 aromatic heterocycles. The molecule has 1 fully saturated rings. The summed E-state index contributed by atoms with van der Waals surface area (Å²) >= 11 is 12.6. The third kappa shape index (κ3) is 5.53. The summed E-state index contributed by atoms with van der Waals surface area (Å²) in [6, 6.07) is 18.3. The van der Waals surface area contributed by atoms with Gasteiger partial charge in [0.2, 0.25) is 0 Å². The second-order valence-corrected chi connectivity index (χ2v) is 10.7.